The van der Waals surface area contributed by atoms with Crippen LogP contribution >= 0.6 is 11.6 Å². The highest BCUT2D eigenvalue weighted by Gasteiger charge is 2.30. The van der Waals surface area contributed by atoms with E-state index in [2.05, 4.69) is 4.72 Å². The van der Waals surface area contributed by atoms with E-state index < -0.39 is 34.1 Å². The Morgan fingerprint density at radius 1 is 1.04 bits per heavy atom. The van der Waals surface area contributed by atoms with Gasteiger partial charge in [0.05, 0.1) is 10.5 Å². The van der Waals surface area contributed by atoms with Crippen LogP contribution in [0.2, 0.25) is 5.02 Å². The van der Waals surface area contributed by atoms with Gasteiger partial charge in [0.2, 0.25) is 10.0 Å². The minimum Gasteiger partial charge on any atom is -0.207 e. The van der Waals surface area contributed by atoms with Gasteiger partial charge in [-0.2, -0.15) is 13.2 Å². The molecule has 23 heavy (non-hydrogen) atoms. The van der Waals surface area contributed by atoms with Gasteiger partial charge >= 0.3 is 6.18 Å². The predicted octanol–water partition coefficient (Wildman–Crippen LogP) is 3.98. The van der Waals surface area contributed by atoms with Crippen molar-refractivity contribution < 1.29 is 26.0 Å². The lowest BCUT2D eigenvalue weighted by Gasteiger charge is -2.10. The van der Waals surface area contributed by atoms with Crippen molar-refractivity contribution in [2.45, 2.75) is 17.6 Å². The molecule has 0 heterocycles. The van der Waals surface area contributed by atoms with Gasteiger partial charge in [0.1, 0.15) is 5.82 Å². The third kappa shape index (κ3) is 4.21. The summed E-state index contributed by atoms with van der Waals surface area (Å²) in [5.41, 5.74) is -1.02. The zero-order valence-electron chi connectivity index (χ0n) is 11.4. The van der Waals surface area contributed by atoms with Crippen LogP contribution in [0, 0.1) is 5.82 Å². The zero-order chi connectivity index (χ0) is 17.3. The van der Waals surface area contributed by atoms with Crippen molar-refractivity contribution in [3.63, 3.8) is 0 Å². The number of sulfonamides is 1. The second kappa shape index (κ2) is 6.46. The van der Waals surface area contributed by atoms with Gasteiger partial charge in [-0.05, 0) is 36.4 Å². The molecular weight excluding hydrogens is 358 g/mol. The van der Waals surface area contributed by atoms with Gasteiger partial charge in [0.15, 0.2) is 0 Å². The molecule has 0 aromatic heterocycles. The van der Waals surface area contributed by atoms with E-state index in [4.69, 9.17) is 11.6 Å². The summed E-state index contributed by atoms with van der Waals surface area (Å²) in [6.07, 6.45) is -4.56. The van der Waals surface area contributed by atoms with E-state index in [1.54, 1.807) is 0 Å². The molecule has 0 aliphatic rings. The van der Waals surface area contributed by atoms with E-state index in [0.29, 0.717) is 12.1 Å². The quantitative estimate of drug-likeness (QED) is 0.831. The van der Waals surface area contributed by atoms with Crippen molar-refractivity contribution in [3.8, 4) is 0 Å². The van der Waals surface area contributed by atoms with Crippen molar-refractivity contribution in [2.24, 2.45) is 0 Å². The second-order valence-electron chi connectivity index (χ2n) is 4.55. The summed E-state index contributed by atoms with van der Waals surface area (Å²) >= 11 is 5.78. The van der Waals surface area contributed by atoms with Crippen LogP contribution in [0.3, 0.4) is 0 Å². The molecular formula is C14H10ClF4NO2S. The molecule has 0 saturated carbocycles. The maximum absolute atomic E-state index is 13.6. The summed E-state index contributed by atoms with van der Waals surface area (Å²) in [6, 6.07) is 6.85. The van der Waals surface area contributed by atoms with Crippen molar-refractivity contribution in [1.82, 2.24) is 4.72 Å². The van der Waals surface area contributed by atoms with E-state index in [1.165, 1.54) is 12.1 Å². The topological polar surface area (TPSA) is 46.2 Å². The minimum absolute atomic E-state index is 0.0418. The summed E-state index contributed by atoms with van der Waals surface area (Å²) in [5.74, 6) is -0.687. The molecule has 0 aliphatic carbocycles. The van der Waals surface area contributed by atoms with Crippen molar-refractivity contribution >= 4 is 21.6 Å². The average molecular weight is 368 g/mol. The van der Waals surface area contributed by atoms with Gasteiger partial charge in [-0.1, -0.05) is 17.7 Å². The van der Waals surface area contributed by atoms with Gasteiger partial charge in [0.25, 0.3) is 0 Å². The van der Waals surface area contributed by atoms with Crippen molar-refractivity contribution in [1.29, 1.82) is 0 Å². The maximum Gasteiger partial charge on any atom is 0.416 e. The van der Waals surface area contributed by atoms with E-state index in [0.717, 1.165) is 18.2 Å². The van der Waals surface area contributed by atoms with Crippen LogP contribution < -0.4 is 4.72 Å². The largest absolute Gasteiger partial charge is 0.416 e. The molecule has 9 heteroatoms. The first-order valence-corrected chi connectivity index (χ1v) is 8.07. The van der Waals surface area contributed by atoms with E-state index >= 15 is 0 Å². The summed E-state index contributed by atoms with van der Waals surface area (Å²) in [4.78, 5) is -0.363. The fraction of sp³-hybridized carbons (Fsp3) is 0.143. The highest BCUT2D eigenvalue weighted by molar-refractivity contribution is 7.89. The fourth-order valence-corrected chi connectivity index (χ4v) is 3.00. The van der Waals surface area contributed by atoms with Crippen LogP contribution in [0.15, 0.2) is 47.4 Å². The number of rotatable bonds is 4. The van der Waals surface area contributed by atoms with Crippen LogP contribution in [0.5, 0.6) is 0 Å². The van der Waals surface area contributed by atoms with Crippen LogP contribution in [-0.2, 0) is 22.7 Å². The molecule has 124 valence electrons. The number of hydrogen-bond donors (Lipinski definition) is 1. The Balaban J connectivity index is 2.19. The lowest BCUT2D eigenvalue weighted by atomic mass is 10.2. The first-order chi connectivity index (χ1) is 10.6. The van der Waals surface area contributed by atoms with Gasteiger partial charge in [-0.15, -0.1) is 0 Å². The van der Waals surface area contributed by atoms with Gasteiger partial charge in [0, 0.05) is 17.1 Å². The number of benzene rings is 2. The van der Waals surface area contributed by atoms with Gasteiger partial charge in [-0.25, -0.2) is 17.5 Å². The standard InChI is InChI=1S/C14H10ClF4NO2S/c15-12-2-1-3-13(16)11(12)8-20-23(21,22)10-6-4-9(5-7-10)14(17,18)19/h1-7,20H,8H2. The Bertz CT molecular complexity index is 784. The monoisotopic (exact) mass is 367 g/mol. The number of nitrogens with one attached hydrogen (secondary N) is 1. The number of hydrogen-bond acceptors (Lipinski definition) is 2. The Kier molecular flexibility index (Phi) is 4.98. The van der Waals surface area contributed by atoms with Crippen LogP contribution in [0.1, 0.15) is 11.1 Å². The second-order valence-corrected chi connectivity index (χ2v) is 6.72. The molecule has 1 N–H and O–H groups in total. The van der Waals surface area contributed by atoms with Crippen LogP contribution in [0.4, 0.5) is 17.6 Å². The molecule has 0 radical (unpaired) electrons. The minimum atomic E-state index is -4.56. The Hall–Kier alpha value is -1.64. The van der Waals surface area contributed by atoms with Crippen LogP contribution in [-0.4, -0.2) is 8.42 Å². The number of alkyl halides is 3. The van der Waals surface area contributed by atoms with Gasteiger partial charge in [-0.3, -0.25) is 0 Å². The molecule has 2 aromatic carbocycles. The molecule has 0 bridgehead atoms. The van der Waals surface area contributed by atoms with Gasteiger partial charge < -0.3 is 0 Å². The summed E-state index contributed by atoms with van der Waals surface area (Å²) < 4.78 is 77.1. The highest BCUT2D eigenvalue weighted by atomic mass is 35.5. The first-order valence-electron chi connectivity index (χ1n) is 6.21. The van der Waals surface area contributed by atoms with Crippen molar-refractivity contribution in [2.75, 3.05) is 0 Å². The lowest BCUT2D eigenvalue weighted by Crippen LogP contribution is -2.24. The third-order valence-electron chi connectivity index (χ3n) is 2.99. The number of halogens is 5. The molecule has 0 aliphatic heterocycles. The molecule has 2 rings (SSSR count). The summed E-state index contributed by atoms with van der Waals surface area (Å²) in [5, 5.41) is 0.0418. The molecule has 0 atom stereocenters. The van der Waals surface area contributed by atoms with E-state index in [-0.39, 0.29) is 15.5 Å². The highest BCUT2D eigenvalue weighted by Crippen LogP contribution is 2.29. The Morgan fingerprint density at radius 2 is 1.65 bits per heavy atom. The normalized spacial score (nSPS) is 12.4. The molecule has 2 aromatic rings. The molecule has 0 amide bonds. The molecule has 0 fully saturated rings. The Labute approximate surface area is 134 Å². The molecule has 0 saturated heterocycles. The smallest absolute Gasteiger partial charge is 0.207 e. The SMILES string of the molecule is O=S(=O)(NCc1c(F)cccc1Cl)c1ccc(C(F)(F)F)cc1. The van der Waals surface area contributed by atoms with E-state index in [1.807, 2.05) is 0 Å². The maximum atomic E-state index is 13.6. The van der Waals surface area contributed by atoms with Crippen LogP contribution in [0.25, 0.3) is 0 Å². The molecule has 0 unspecified atom stereocenters. The third-order valence-corrected chi connectivity index (χ3v) is 4.76. The lowest BCUT2D eigenvalue weighted by molar-refractivity contribution is -0.137. The fourth-order valence-electron chi connectivity index (χ4n) is 1.77. The zero-order valence-corrected chi connectivity index (χ0v) is 12.9. The average Bonchev–Trinajstić information content (AvgIpc) is 2.46. The Morgan fingerprint density at radius 3 is 2.17 bits per heavy atom. The summed E-state index contributed by atoms with van der Waals surface area (Å²) in [7, 11) is -4.10. The van der Waals surface area contributed by atoms with E-state index in [9.17, 15) is 26.0 Å². The van der Waals surface area contributed by atoms with Crippen molar-refractivity contribution in [3.05, 3.63) is 64.4 Å². The molecule has 3 nitrogen and oxygen atoms in total. The first kappa shape index (κ1) is 17.7. The predicted molar refractivity (Wildman–Crippen MR) is 76.9 cm³/mol. The molecule has 0 spiro atoms. The summed E-state index contributed by atoms with van der Waals surface area (Å²) in [6.45, 7) is -0.422.